The van der Waals surface area contributed by atoms with E-state index < -0.39 is 0 Å². The fourth-order valence-electron chi connectivity index (χ4n) is 2.80. The van der Waals surface area contributed by atoms with E-state index in [1.54, 1.807) is 7.11 Å². The summed E-state index contributed by atoms with van der Waals surface area (Å²) in [5.41, 5.74) is 1.37. The summed E-state index contributed by atoms with van der Waals surface area (Å²) in [4.78, 5) is 2.43. The molecular formula is C16H22N2O. The van der Waals surface area contributed by atoms with Crippen LogP contribution in [0.1, 0.15) is 33.1 Å². The van der Waals surface area contributed by atoms with Crippen LogP contribution in [-0.2, 0) is 0 Å². The summed E-state index contributed by atoms with van der Waals surface area (Å²) in [6, 6.07) is 10.5. The normalized spacial score (nSPS) is 21.8. The number of rotatable bonds is 3. The third-order valence-corrected chi connectivity index (χ3v) is 4.10. The van der Waals surface area contributed by atoms with Crippen molar-refractivity contribution >= 4 is 5.69 Å². The number of nitriles is 1. The second kappa shape index (κ2) is 5.52. The molecule has 1 heterocycles. The third-order valence-electron chi connectivity index (χ3n) is 4.10. The maximum absolute atomic E-state index is 8.89. The Hall–Kier alpha value is -1.69. The number of hydrogen-bond donors (Lipinski definition) is 0. The van der Waals surface area contributed by atoms with Crippen LogP contribution in [0.15, 0.2) is 24.3 Å². The summed E-state index contributed by atoms with van der Waals surface area (Å²) in [6.45, 7) is 5.52. The van der Waals surface area contributed by atoms with Gasteiger partial charge in [-0.25, -0.2) is 0 Å². The molecule has 0 aromatic heterocycles. The molecule has 1 aromatic carbocycles. The molecule has 1 atom stereocenters. The van der Waals surface area contributed by atoms with Crippen LogP contribution in [0, 0.1) is 17.2 Å². The zero-order valence-electron chi connectivity index (χ0n) is 12.0. The van der Waals surface area contributed by atoms with Crippen LogP contribution in [0.4, 0.5) is 5.69 Å². The molecule has 0 bridgehead atoms. The Morgan fingerprint density at radius 2 is 2.05 bits per heavy atom. The minimum atomic E-state index is 0.153. The molecule has 1 aromatic rings. The predicted molar refractivity (Wildman–Crippen MR) is 77.4 cm³/mol. The summed E-state index contributed by atoms with van der Waals surface area (Å²) in [5.74, 6) is 1.37. The minimum Gasteiger partial charge on any atom is -0.497 e. The number of methoxy groups -OCH3 is 1. The standard InChI is InChI=1S/C16H22N2O/c1-16(2)10-8-13(9-11-17)12-18(16)14-4-6-15(19-3)7-5-14/h4-7,13H,8-10,12H2,1-3H3. The molecule has 3 heteroatoms. The molecule has 0 saturated carbocycles. The van der Waals surface area contributed by atoms with Gasteiger partial charge in [-0.15, -0.1) is 0 Å². The lowest BCUT2D eigenvalue weighted by molar-refractivity contribution is 0.293. The zero-order valence-corrected chi connectivity index (χ0v) is 12.0. The summed E-state index contributed by atoms with van der Waals surface area (Å²) in [5, 5.41) is 8.89. The van der Waals surface area contributed by atoms with Crippen LogP contribution in [0.2, 0.25) is 0 Å². The van der Waals surface area contributed by atoms with E-state index in [0.29, 0.717) is 12.3 Å². The molecular weight excluding hydrogens is 236 g/mol. The average Bonchev–Trinajstić information content (AvgIpc) is 2.41. The van der Waals surface area contributed by atoms with Crippen molar-refractivity contribution in [1.29, 1.82) is 5.26 Å². The van der Waals surface area contributed by atoms with Gasteiger partial charge < -0.3 is 9.64 Å². The van der Waals surface area contributed by atoms with E-state index in [-0.39, 0.29) is 5.54 Å². The molecule has 1 saturated heterocycles. The summed E-state index contributed by atoms with van der Waals surface area (Å²) < 4.78 is 5.21. The molecule has 0 radical (unpaired) electrons. The minimum absolute atomic E-state index is 0.153. The monoisotopic (exact) mass is 258 g/mol. The van der Waals surface area contributed by atoms with E-state index in [1.165, 1.54) is 5.69 Å². The van der Waals surface area contributed by atoms with Crippen LogP contribution in [0.25, 0.3) is 0 Å². The highest BCUT2D eigenvalue weighted by atomic mass is 16.5. The van der Waals surface area contributed by atoms with E-state index in [0.717, 1.165) is 25.1 Å². The number of ether oxygens (including phenoxy) is 1. The lowest BCUT2D eigenvalue weighted by Gasteiger charge is -2.47. The highest BCUT2D eigenvalue weighted by molar-refractivity contribution is 5.51. The molecule has 102 valence electrons. The quantitative estimate of drug-likeness (QED) is 0.831. The molecule has 1 fully saturated rings. The van der Waals surface area contributed by atoms with Gasteiger partial charge in [-0.05, 0) is 56.9 Å². The first-order chi connectivity index (χ1) is 9.06. The Labute approximate surface area is 115 Å². The lowest BCUT2D eigenvalue weighted by Crippen LogP contribution is -2.50. The van der Waals surface area contributed by atoms with Gasteiger partial charge in [0.2, 0.25) is 0 Å². The third kappa shape index (κ3) is 3.01. The second-order valence-corrected chi connectivity index (χ2v) is 5.89. The van der Waals surface area contributed by atoms with Crippen molar-refractivity contribution in [3.8, 4) is 11.8 Å². The van der Waals surface area contributed by atoms with Crippen LogP contribution in [0.5, 0.6) is 5.75 Å². The van der Waals surface area contributed by atoms with Gasteiger partial charge in [0, 0.05) is 24.2 Å². The van der Waals surface area contributed by atoms with Crippen molar-refractivity contribution in [2.24, 2.45) is 5.92 Å². The first-order valence-electron chi connectivity index (χ1n) is 6.85. The topological polar surface area (TPSA) is 36.3 Å². The molecule has 1 unspecified atom stereocenters. The Kier molecular flexibility index (Phi) is 3.99. The summed E-state index contributed by atoms with van der Waals surface area (Å²) >= 11 is 0. The highest BCUT2D eigenvalue weighted by Crippen LogP contribution is 2.36. The fourth-order valence-corrected chi connectivity index (χ4v) is 2.80. The number of hydrogen-bond acceptors (Lipinski definition) is 3. The largest absolute Gasteiger partial charge is 0.497 e. The molecule has 0 spiro atoms. The van der Waals surface area contributed by atoms with Crippen LogP contribution >= 0.6 is 0 Å². The molecule has 19 heavy (non-hydrogen) atoms. The van der Waals surface area contributed by atoms with Crippen molar-refractivity contribution in [2.45, 2.75) is 38.6 Å². The molecule has 0 N–H and O–H groups in total. The number of benzene rings is 1. The van der Waals surface area contributed by atoms with Gasteiger partial charge in [-0.3, -0.25) is 0 Å². The average molecular weight is 258 g/mol. The van der Waals surface area contributed by atoms with E-state index in [9.17, 15) is 0 Å². The predicted octanol–water partition coefficient (Wildman–Crippen LogP) is 3.60. The van der Waals surface area contributed by atoms with Gasteiger partial charge in [0.1, 0.15) is 5.75 Å². The number of nitrogens with zero attached hydrogens (tertiary/aromatic N) is 2. The van der Waals surface area contributed by atoms with Gasteiger partial charge in [-0.1, -0.05) is 0 Å². The van der Waals surface area contributed by atoms with E-state index >= 15 is 0 Å². The summed E-state index contributed by atoms with van der Waals surface area (Å²) in [7, 11) is 1.68. The van der Waals surface area contributed by atoms with E-state index in [2.05, 4.69) is 36.9 Å². The number of piperidine rings is 1. The second-order valence-electron chi connectivity index (χ2n) is 5.89. The maximum Gasteiger partial charge on any atom is 0.119 e. The van der Waals surface area contributed by atoms with E-state index in [1.807, 2.05) is 12.1 Å². The molecule has 0 aliphatic carbocycles. The van der Waals surface area contributed by atoms with Gasteiger partial charge in [-0.2, -0.15) is 5.26 Å². The Morgan fingerprint density at radius 1 is 1.37 bits per heavy atom. The van der Waals surface area contributed by atoms with Crippen molar-refractivity contribution in [1.82, 2.24) is 0 Å². The fraction of sp³-hybridized carbons (Fsp3) is 0.562. The van der Waals surface area contributed by atoms with Gasteiger partial charge in [0.15, 0.2) is 0 Å². The molecule has 3 nitrogen and oxygen atoms in total. The lowest BCUT2D eigenvalue weighted by atomic mass is 9.83. The summed E-state index contributed by atoms with van der Waals surface area (Å²) in [6.07, 6.45) is 2.93. The van der Waals surface area contributed by atoms with Crippen molar-refractivity contribution < 1.29 is 4.74 Å². The Morgan fingerprint density at radius 3 is 2.63 bits per heavy atom. The smallest absolute Gasteiger partial charge is 0.119 e. The molecule has 0 amide bonds. The van der Waals surface area contributed by atoms with Crippen molar-refractivity contribution in [2.75, 3.05) is 18.6 Å². The highest BCUT2D eigenvalue weighted by Gasteiger charge is 2.34. The Balaban J connectivity index is 2.20. The van der Waals surface area contributed by atoms with Crippen molar-refractivity contribution in [3.63, 3.8) is 0 Å². The molecule has 1 aliphatic heterocycles. The van der Waals surface area contributed by atoms with Gasteiger partial charge >= 0.3 is 0 Å². The van der Waals surface area contributed by atoms with Crippen LogP contribution in [0.3, 0.4) is 0 Å². The Bertz CT molecular complexity index is 459. The molecule has 2 rings (SSSR count). The van der Waals surface area contributed by atoms with Crippen LogP contribution in [-0.4, -0.2) is 19.2 Å². The van der Waals surface area contributed by atoms with Crippen LogP contribution < -0.4 is 9.64 Å². The number of anilines is 1. The zero-order chi connectivity index (χ0) is 13.9. The van der Waals surface area contributed by atoms with E-state index in [4.69, 9.17) is 10.00 Å². The first kappa shape index (κ1) is 13.7. The molecule has 1 aliphatic rings. The van der Waals surface area contributed by atoms with Crippen molar-refractivity contribution in [3.05, 3.63) is 24.3 Å². The first-order valence-corrected chi connectivity index (χ1v) is 6.85. The maximum atomic E-state index is 8.89. The SMILES string of the molecule is COc1ccc(N2CC(CC#N)CCC2(C)C)cc1. The van der Waals surface area contributed by atoms with Gasteiger partial charge in [0.25, 0.3) is 0 Å². The van der Waals surface area contributed by atoms with Gasteiger partial charge in [0.05, 0.1) is 13.2 Å².